The molecule has 0 bridgehead atoms. The standard InChI is InChI=1S/C15H22B2N2O3/c1-10-7-8-11-12(9-19(16(6)20)13(11)18-10)17-21-14(2,3)15(4,5)22-17/h7-9,20H,1-6H3. The number of aromatic nitrogens is 2. The van der Waals surface area contributed by atoms with Gasteiger partial charge in [0.1, 0.15) is 5.65 Å². The van der Waals surface area contributed by atoms with Gasteiger partial charge in [0.2, 0.25) is 0 Å². The number of rotatable bonds is 2. The summed E-state index contributed by atoms with van der Waals surface area (Å²) in [7, 11) is -1.12. The van der Waals surface area contributed by atoms with Gasteiger partial charge in [0.05, 0.1) is 11.2 Å². The number of fused-ring (bicyclic) bond motifs is 1. The molecular formula is C15H22B2N2O3. The summed E-state index contributed by atoms with van der Waals surface area (Å²) in [5.74, 6) is 0. The number of hydrogen-bond acceptors (Lipinski definition) is 4. The van der Waals surface area contributed by atoms with E-state index < -0.39 is 25.4 Å². The van der Waals surface area contributed by atoms with E-state index in [1.165, 1.54) is 0 Å². The van der Waals surface area contributed by atoms with Crippen LogP contribution in [0.1, 0.15) is 33.4 Å². The van der Waals surface area contributed by atoms with Gasteiger partial charge in [-0.2, -0.15) is 0 Å². The van der Waals surface area contributed by atoms with Crippen LogP contribution in [0.25, 0.3) is 11.0 Å². The SMILES string of the molecule is CB(O)n1cc(B2OC(C)(C)C(C)(C)O2)c2ccc(C)nc21. The molecule has 2 aromatic heterocycles. The van der Waals surface area contributed by atoms with Crippen LogP contribution in [-0.4, -0.2) is 39.9 Å². The summed E-state index contributed by atoms with van der Waals surface area (Å²) in [6.45, 7) is 11.8. The van der Waals surface area contributed by atoms with Crippen molar-refractivity contribution in [2.45, 2.75) is 52.6 Å². The molecule has 3 rings (SSSR count). The van der Waals surface area contributed by atoms with Crippen LogP contribution in [0.4, 0.5) is 0 Å². The zero-order valence-electron chi connectivity index (χ0n) is 14.0. The summed E-state index contributed by atoms with van der Waals surface area (Å²) < 4.78 is 14.0. The van der Waals surface area contributed by atoms with Gasteiger partial charge in [-0.25, -0.2) is 4.98 Å². The zero-order chi connectivity index (χ0) is 16.3. The fourth-order valence-corrected chi connectivity index (χ4v) is 2.69. The Hall–Kier alpha value is -1.30. The first kappa shape index (κ1) is 15.6. The minimum atomic E-state index is -0.659. The van der Waals surface area contributed by atoms with Crippen LogP contribution in [0.15, 0.2) is 18.3 Å². The first-order valence-electron chi connectivity index (χ1n) is 7.64. The molecule has 3 heterocycles. The maximum atomic E-state index is 10.0. The van der Waals surface area contributed by atoms with Crippen molar-refractivity contribution >= 4 is 30.7 Å². The maximum absolute atomic E-state index is 10.0. The van der Waals surface area contributed by atoms with Crippen LogP contribution in [0.5, 0.6) is 0 Å². The lowest BCUT2D eigenvalue weighted by molar-refractivity contribution is 0.00578. The lowest BCUT2D eigenvalue weighted by Gasteiger charge is -2.32. The molecule has 0 spiro atoms. The Balaban J connectivity index is 2.13. The quantitative estimate of drug-likeness (QED) is 0.856. The minimum Gasteiger partial charge on any atom is -0.432 e. The Morgan fingerprint density at radius 1 is 1.18 bits per heavy atom. The molecule has 5 nitrogen and oxygen atoms in total. The fraction of sp³-hybridized carbons (Fsp3) is 0.533. The normalized spacial score (nSPS) is 19.9. The van der Waals surface area contributed by atoms with E-state index in [2.05, 4.69) is 4.98 Å². The molecule has 7 heteroatoms. The maximum Gasteiger partial charge on any atom is 0.497 e. The molecule has 0 atom stereocenters. The largest absolute Gasteiger partial charge is 0.497 e. The third-order valence-electron chi connectivity index (χ3n) is 4.76. The van der Waals surface area contributed by atoms with E-state index in [4.69, 9.17) is 9.31 Å². The summed E-state index contributed by atoms with van der Waals surface area (Å²) in [5.41, 5.74) is 1.78. The van der Waals surface area contributed by atoms with Crippen molar-refractivity contribution in [3.63, 3.8) is 0 Å². The molecule has 1 N–H and O–H groups in total. The van der Waals surface area contributed by atoms with E-state index in [1.54, 1.807) is 11.3 Å². The summed E-state index contributed by atoms with van der Waals surface area (Å²) in [6.07, 6.45) is 1.88. The molecule has 1 saturated heterocycles. The van der Waals surface area contributed by atoms with Gasteiger partial charge >= 0.3 is 14.2 Å². The number of pyridine rings is 1. The third kappa shape index (κ3) is 2.28. The molecule has 0 unspecified atom stereocenters. The Morgan fingerprint density at radius 2 is 1.77 bits per heavy atom. The minimum absolute atomic E-state index is 0.394. The van der Waals surface area contributed by atoms with Crippen LogP contribution >= 0.6 is 0 Å². The van der Waals surface area contributed by atoms with Crippen molar-refractivity contribution < 1.29 is 14.3 Å². The van der Waals surface area contributed by atoms with E-state index in [0.717, 1.165) is 22.2 Å². The number of nitrogens with zero attached hydrogens (tertiary/aromatic N) is 2. The summed E-state index contributed by atoms with van der Waals surface area (Å²) in [6, 6.07) is 3.97. The Labute approximate surface area is 131 Å². The molecular weight excluding hydrogens is 278 g/mol. The van der Waals surface area contributed by atoms with E-state index in [9.17, 15) is 5.02 Å². The van der Waals surface area contributed by atoms with Gasteiger partial charge in [-0.3, -0.25) is 0 Å². The number of aryl methyl sites for hydroxylation is 1. The van der Waals surface area contributed by atoms with Crippen molar-refractivity contribution in [1.29, 1.82) is 0 Å². The van der Waals surface area contributed by atoms with Gasteiger partial charge in [0, 0.05) is 16.5 Å². The zero-order valence-corrected chi connectivity index (χ0v) is 14.0. The van der Waals surface area contributed by atoms with Gasteiger partial charge in [-0.1, -0.05) is 0 Å². The molecule has 1 aliphatic rings. The molecule has 1 aliphatic heterocycles. The molecule has 116 valence electrons. The van der Waals surface area contributed by atoms with Gasteiger partial charge in [0.25, 0.3) is 0 Å². The number of hydrogen-bond donors (Lipinski definition) is 1. The van der Waals surface area contributed by atoms with E-state index in [0.29, 0.717) is 0 Å². The summed E-state index contributed by atoms with van der Waals surface area (Å²) in [5, 5.41) is 11.0. The van der Waals surface area contributed by atoms with Crippen LogP contribution in [0.3, 0.4) is 0 Å². The molecule has 0 radical (unpaired) electrons. The molecule has 0 saturated carbocycles. The fourth-order valence-electron chi connectivity index (χ4n) is 2.69. The molecule has 0 aromatic carbocycles. The van der Waals surface area contributed by atoms with Crippen molar-refractivity contribution in [1.82, 2.24) is 9.46 Å². The monoisotopic (exact) mass is 300 g/mol. The molecule has 0 amide bonds. The average Bonchev–Trinajstić information content (AvgIpc) is 2.84. The second-order valence-corrected chi connectivity index (χ2v) is 7.04. The van der Waals surface area contributed by atoms with Crippen molar-refractivity contribution in [2.24, 2.45) is 0 Å². The predicted molar refractivity (Wildman–Crippen MR) is 89.4 cm³/mol. The van der Waals surface area contributed by atoms with Crippen molar-refractivity contribution in [3.8, 4) is 0 Å². The van der Waals surface area contributed by atoms with Crippen LogP contribution in [-0.2, 0) is 9.31 Å². The summed E-state index contributed by atoms with van der Waals surface area (Å²) >= 11 is 0. The first-order valence-corrected chi connectivity index (χ1v) is 7.64. The van der Waals surface area contributed by atoms with Crippen LogP contribution in [0, 0.1) is 6.92 Å². The highest BCUT2D eigenvalue weighted by molar-refractivity contribution is 6.66. The van der Waals surface area contributed by atoms with E-state index >= 15 is 0 Å². The third-order valence-corrected chi connectivity index (χ3v) is 4.76. The molecule has 1 fully saturated rings. The lowest BCUT2D eigenvalue weighted by Crippen LogP contribution is -2.41. The molecule has 22 heavy (non-hydrogen) atoms. The van der Waals surface area contributed by atoms with Gasteiger partial charge in [0.15, 0.2) is 0 Å². The first-order chi connectivity index (χ1) is 10.1. The van der Waals surface area contributed by atoms with Gasteiger partial charge < -0.3 is 18.8 Å². The Morgan fingerprint density at radius 3 is 2.32 bits per heavy atom. The van der Waals surface area contributed by atoms with Crippen molar-refractivity contribution in [3.05, 3.63) is 24.0 Å². The van der Waals surface area contributed by atoms with Gasteiger partial charge in [-0.05, 0) is 59.8 Å². The highest BCUT2D eigenvalue weighted by Gasteiger charge is 2.52. The predicted octanol–water partition coefficient (Wildman–Crippen LogP) is 1.60. The van der Waals surface area contributed by atoms with Gasteiger partial charge in [-0.15, -0.1) is 0 Å². The van der Waals surface area contributed by atoms with E-state index in [1.807, 2.05) is 52.9 Å². The second-order valence-electron chi connectivity index (χ2n) is 7.04. The average molecular weight is 300 g/mol. The van der Waals surface area contributed by atoms with E-state index in [-0.39, 0.29) is 0 Å². The summed E-state index contributed by atoms with van der Waals surface area (Å²) in [4.78, 5) is 4.55. The highest BCUT2D eigenvalue weighted by atomic mass is 16.7. The lowest BCUT2D eigenvalue weighted by atomic mass is 9.79. The van der Waals surface area contributed by atoms with Crippen LogP contribution < -0.4 is 5.46 Å². The highest BCUT2D eigenvalue weighted by Crippen LogP contribution is 2.37. The Kier molecular flexibility index (Phi) is 3.43. The van der Waals surface area contributed by atoms with Crippen molar-refractivity contribution in [2.75, 3.05) is 0 Å². The van der Waals surface area contributed by atoms with Crippen LogP contribution in [0.2, 0.25) is 6.82 Å². The Bertz CT molecular complexity index is 709. The second kappa shape index (κ2) is 4.85. The molecule has 2 aromatic rings. The topological polar surface area (TPSA) is 56.5 Å². The molecule has 0 aliphatic carbocycles. The smallest absolute Gasteiger partial charge is 0.432 e.